The molecular weight excluding hydrogens is 310 g/mol. The Morgan fingerprint density at radius 1 is 0.640 bits per heavy atom. The molecule has 0 aliphatic heterocycles. The van der Waals surface area contributed by atoms with Gasteiger partial charge in [-0.3, -0.25) is 0 Å². The molecule has 0 aromatic carbocycles. The summed E-state index contributed by atoms with van der Waals surface area (Å²) in [6, 6.07) is 0. The normalized spacial score (nSPS) is 12.6. The Balaban J connectivity index is 3.05. The van der Waals surface area contributed by atoms with E-state index < -0.39 is 0 Å². The van der Waals surface area contributed by atoms with Gasteiger partial charge in [0.2, 0.25) is 0 Å². The van der Waals surface area contributed by atoms with Gasteiger partial charge in [0.05, 0.1) is 12.7 Å². The van der Waals surface area contributed by atoms with E-state index in [2.05, 4.69) is 12.2 Å². The molecule has 1 unspecified atom stereocenters. The molecule has 1 atom stereocenters. The molecule has 3 nitrogen and oxygen atoms in total. The maximum atomic E-state index is 9.75. The zero-order chi connectivity index (χ0) is 18.4. The predicted octanol–water partition coefficient (Wildman–Crippen LogP) is 5.58. The van der Waals surface area contributed by atoms with Gasteiger partial charge in [-0.25, -0.2) is 0 Å². The Bertz CT molecular complexity index is 236. The minimum Gasteiger partial charge on any atom is -0.395 e. The number of hydrogen-bond acceptors (Lipinski definition) is 3. The molecule has 0 amide bonds. The number of unbranched alkanes of at least 4 members (excludes halogenated alkanes) is 15. The number of aliphatic hydroxyl groups is 2. The molecule has 0 heterocycles. The molecular formula is C22H47NO2. The van der Waals surface area contributed by atoms with Crippen LogP contribution in [0.5, 0.6) is 0 Å². The Labute approximate surface area is 158 Å². The minimum atomic E-state index is -0.252. The van der Waals surface area contributed by atoms with Gasteiger partial charge in [0.25, 0.3) is 0 Å². The van der Waals surface area contributed by atoms with Crippen LogP contribution in [-0.2, 0) is 0 Å². The molecule has 0 bridgehead atoms. The Morgan fingerprint density at radius 2 is 1.04 bits per heavy atom. The van der Waals surface area contributed by atoms with Crippen molar-refractivity contribution in [3.63, 3.8) is 0 Å². The predicted molar refractivity (Wildman–Crippen MR) is 110 cm³/mol. The SMILES string of the molecule is CCCCCCCCCCCCCCCCCCC(O)CNCCO. The average Bonchev–Trinajstić information content (AvgIpc) is 2.61. The lowest BCUT2D eigenvalue weighted by Gasteiger charge is -2.10. The van der Waals surface area contributed by atoms with Gasteiger partial charge in [0.1, 0.15) is 0 Å². The number of hydrogen-bond donors (Lipinski definition) is 3. The topological polar surface area (TPSA) is 52.5 Å². The minimum absolute atomic E-state index is 0.145. The lowest BCUT2D eigenvalue weighted by atomic mass is 10.0. The highest BCUT2D eigenvalue weighted by Gasteiger charge is 2.02. The molecule has 0 aliphatic carbocycles. The maximum absolute atomic E-state index is 9.75. The van der Waals surface area contributed by atoms with Crippen LogP contribution in [0.25, 0.3) is 0 Å². The third-order valence-electron chi connectivity index (χ3n) is 5.06. The van der Waals surface area contributed by atoms with Crippen molar-refractivity contribution in [2.24, 2.45) is 0 Å². The summed E-state index contributed by atoms with van der Waals surface area (Å²) in [6.07, 6.45) is 22.8. The quantitative estimate of drug-likeness (QED) is 0.235. The van der Waals surface area contributed by atoms with Crippen LogP contribution in [0.4, 0.5) is 0 Å². The second kappa shape index (κ2) is 21.9. The summed E-state index contributed by atoms with van der Waals surface area (Å²) >= 11 is 0. The van der Waals surface area contributed by atoms with Gasteiger partial charge in [-0.1, -0.05) is 110 Å². The van der Waals surface area contributed by atoms with Crippen molar-refractivity contribution in [2.45, 2.75) is 122 Å². The largest absolute Gasteiger partial charge is 0.395 e. The molecule has 3 N–H and O–H groups in total. The fourth-order valence-corrected chi connectivity index (χ4v) is 3.38. The number of aliphatic hydroxyl groups excluding tert-OH is 2. The second-order valence-electron chi connectivity index (χ2n) is 7.67. The van der Waals surface area contributed by atoms with Crippen LogP contribution in [0.1, 0.15) is 116 Å². The van der Waals surface area contributed by atoms with Gasteiger partial charge >= 0.3 is 0 Å². The summed E-state index contributed by atoms with van der Waals surface area (Å²) in [6.45, 7) is 3.62. The Hall–Kier alpha value is -0.120. The van der Waals surface area contributed by atoms with E-state index in [4.69, 9.17) is 5.11 Å². The van der Waals surface area contributed by atoms with Crippen molar-refractivity contribution in [1.29, 1.82) is 0 Å². The molecule has 0 aromatic heterocycles. The van der Waals surface area contributed by atoms with Crippen molar-refractivity contribution in [2.75, 3.05) is 19.7 Å². The van der Waals surface area contributed by atoms with E-state index in [0.717, 1.165) is 12.8 Å². The van der Waals surface area contributed by atoms with E-state index in [9.17, 15) is 5.11 Å². The van der Waals surface area contributed by atoms with Crippen molar-refractivity contribution in [1.82, 2.24) is 5.32 Å². The van der Waals surface area contributed by atoms with Crippen LogP contribution in [0.2, 0.25) is 0 Å². The highest BCUT2D eigenvalue weighted by Crippen LogP contribution is 2.14. The van der Waals surface area contributed by atoms with Gasteiger partial charge in [-0.2, -0.15) is 0 Å². The van der Waals surface area contributed by atoms with Crippen molar-refractivity contribution in [3.05, 3.63) is 0 Å². The Kier molecular flexibility index (Phi) is 21.8. The fraction of sp³-hybridized carbons (Fsp3) is 1.00. The van der Waals surface area contributed by atoms with Crippen LogP contribution >= 0.6 is 0 Å². The highest BCUT2D eigenvalue weighted by molar-refractivity contribution is 4.59. The highest BCUT2D eigenvalue weighted by atomic mass is 16.3. The van der Waals surface area contributed by atoms with Gasteiger partial charge in [-0.05, 0) is 6.42 Å². The average molecular weight is 358 g/mol. The molecule has 0 aliphatic rings. The maximum Gasteiger partial charge on any atom is 0.0664 e. The molecule has 25 heavy (non-hydrogen) atoms. The van der Waals surface area contributed by atoms with Crippen LogP contribution in [0.15, 0.2) is 0 Å². The van der Waals surface area contributed by atoms with Crippen LogP contribution in [-0.4, -0.2) is 36.0 Å². The molecule has 0 fully saturated rings. The van der Waals surface area contributed by atoms with Gasteiger partial charge in [0, 0.05) is 13.1 Å². The van der Waals surface area contributed by atoms with Crippen LogP contribution < -0.4 is 5.32 Å². The van der Waals surface area contributed by atoms with Crippen LogP contribution in [0.3, 0.4) is 0 Å². The lowest BCUT2D eigenvalue weighted by molar-refractivity contribution is 0.155. The van der Waals surface area contributed by atoms with Crippen LogP contribution in [0, 0.1) is 0 Å². The number of nitrogens with one attached hydrogen (secondary N) is 1. The summed E-state index contributed by atoms with van der Waals surface area (Å²) in [5.74, 6) is 0. The third-order valence-corrected chi connectivity index (χ3v) is 5.06. The van der Waals surface area contributed by atoms with Gasteiger partial charge in [0.15, 0.2) is 0 Å². The summed E-state index contributed by atoms with van der Waals surface area (Å²) in [5.41, 5.74) is 0. The smallest absolute Gasteiger partial charge is 0.0664 e. The molecule has 0 spiro atoms. The van der Waals surface area contributed by atoms with Crippen molar-refractivity contribution in [3.8, 4) is 0 Å². The van der Waals surface area contributed by atoms with E-state index in [1.54, 1.807) is 0 Å². The molecule has 0 rings (SSSR count). The summed E-state index contributed by atoms with van der Waals surface area (Å²) in [5, 5.41) is 21.4. The Morgan fingerprint density at radius 3 is 1.44 bits per heavy atom. The zero-order valence-corrected chi connectivity index (χ0v) is 17.1. The summed E-state index contributed by atoms with van der Waals surface area (Å²) in [4.78, 5) is 0. The first kappa shape index (κ1) is 24.9. The lowest BCUT2D eigenvalue weighted by Crippen LogP contribution is -2.28. The molecule has 3 heteroatoms. The molecule has 0 radical (unpaired) electrons. The zero-order valence-electron chi connectivity index (χ0n) is 17.1. The monoisotopic (exact) mass is 357 g/mol. The van der Waals surface area contributed by atoms with Crippen molar-refractivity contribution >= 4 is 0 Å². The molecule has 152 valence electrons. The van der Waals surface area contributed by atoms with Gasteiger partial charge < -0.3 is 15.5 Å². The number of rotatable bonds is 21. The van der Waals surface area contributed by atoms with Gasteiger partial charge in [-0.15, -0.1) is 0 Å². The van der Waals surface area contributed by atoms with Crippen molar-refractivity contribution < 1.29 is 10.2 Å². The fourth-order valence-electron chi connectivity index (χ4n) is 3.38. The van der Waals surface area contributed by atoms with E-state index in [0.29, 0.717) is 13.1 Å². The first-order chi connectivity index (χ1) is 12.3. The summed E-state index contributed by atoms with van der Waals surface area (Å²) < 4.78 is 0. The van der Waals surface area contributed by atoms with E-state index in [1.807, 2.05) is 0 Å². The standard InChI is InChI=1S/C22H47NO2/c1-2-3-4-5-6-7-8-9-10-11-12-13-14-15-16-17-18-22(25)21-23-19-20-24/h22-25H,2-21H2,1H3. The van der Waals surface area contributed by atoms with E-state index >= 15 is 0 Å². The first-order valence-electron chi connectivity index (χ1n) is 11.3. The molecule has 0 saturated heterocycles. The third kappa shape index (κ3) is 21.8. The van der Waals surface area contributed by atoms with E-state index in [1.165, 1.54) is 96.3 Å². The summed E-state index contributed by atoms with van der Waals surface area (Å²) in [7, 11) is 0. The molecule has 0 aromatic rings. The second-order valence-corrected chi connectivity index (χ2v) is 7.67. The first-order valence-corrected chi connectivity index (χ1v) is 11.3. The molecule has 0 saturated carbocycles. The van der Waals surface area contributed by atoms with E-state index in [-0.39, 0.29) is 12.7 Å².